The van der Waals surface area contributed by atoms with Crippen molar-refractivity contribution in [3.05, 3.63) is 59.7 Å². The molecule has 1 atom stereocenters. The smallest absolute Gasteiger partial charge is 0.414 e. The first-order valence-electron chi connectivity index (χ1n) is 9.06. The van der Waals surface area contributed by atoms with Gasteiger partial charge in [-0.3, -0.25) is 4.79 Å². The number of aliphatic carboxylic acids is 2. The van der Waals surface area contributed by atoms with Gasteiger partial charge in [0.25, 0.3) is 0 Å². The third kappa shape index (κ3) is 5.79. The number of anilines is 1. The van der Waals surface area contributed by atoms with Crippen LogP contribution in [0.4, 0.5) is 5.69 Å². The van der Waals surface area contributed by atoms with Crippen molar-refractivity contribution < 1.29 is 29.3 Å². The lowest BCUT2D eigenvalue weighted by atomic mass is 10.1. The molecule has 2 aromatic rings. The van der Waals surface area contributed by atoms with Gasteiger partial charge in [-0.05, 0) is 31.0 Å². The minimum absolute atomic E-state index is 0.0490. The summed E-state index contributed by atoms with van der Waals surface area (Å²) in [5, 5.41) is 18.1. The summed E-state index contributed by atoms with van der Waals surface area (Å²) >= 11 is 0. The molecule has 1 unspecified atom stereocenters. The molecule has 0 bridgehead atoms. The number of fused-ring (bicyclic) bond motifs is 1. The summed E-state index contributed by atoms with van der Waals surface area (Å²) in [6.45, 7) is 3.12. The van der Waals surface area contributed by atoms with Crippen molar-refractivity contribution in [1.29, 1.82) is 0 Å². The van der Waals surface area contributed by atoms with Crippen LogP contribution in [0.25, 0.3) is 0 Å². The summed E-state index contributed by atoms with van der Waals surface area (Å²) in [5.74, 6) is -2.70. The van der Waals surface area contributed by atoms with E-state index in [1.54, 1.807) is 7.11 Å². The molecule has 29 heavy (non-hydrogen) atoms. The minimum Gasteiger partial charge on any atom is -0.496 e. The third-order valence-corrected chi connectivity index (χ3v) is 4.54. The Morgan fingerprint density at radius 1 is 1.07 bits per heavy atom. The lowest BCUT2D eigenvalue weighted by Gasteiger charge is -2.21. The molecule has 3 N–H and O–H groups in total. The zero-order chi connectivity index (χ0) is 21.4. The topological polar surface area (TPSA) is 116 Å². The van der Waals surface area contributed by atoms with Gasteiger partial charge in [-0.15, -0.1) is 0 Å². The maximum atomic E-state index is 12.5. The number of para-hydroxylation sites is 2. The fourth-order valence-electron chi connectivity index (χ4n) is 3.07. The summed E-state index contributed by atoms with van der Waals surface area (Å²) in [4.78, 5) is 32.6. The van der Waals surface area contributed by atoms with Crippen molar-refractivity contribution in [2.75, 3.05) is 25.1 Å². The zero-order valence-corrected chi connectivity index (χ0v) is 16.3. The van der Waals surface area contributed by atoms with Crippen LogP contribution in [0.3, 0.4) is 0 Å². The standard InChI is InChI=1S/C19H22N2O2.C2H2O4/c1-14(16-8-4-6-10-18(16)23-2)20-13-19(22)21-12-11-15-7-3-5-9-17(15)21;3-1(4)2(5)6/h3-10,14,20H,11-13H2,1-2H3;(H,3,4)(H,5,6). The fourth-order valence-corrected chi connectivity index (χ4v) is 3.07. The maximum Gasteiger partial charge on any atom is 0.414 e. The van der Waals surface area contributed by atoms with Gasteiger partial charge in [0.2, 0.25) is 5.91 Å². The SMILES string of the molecule is COc1ccccc1C(C)NCC(=O)N1CCc2ccccc21.O=C(O)C(=O)O. The highest BCUT2D eigenvalue weighted by atomic mass is 16.5. The summed E-state index contributed by atoms with van der Waals surface area (Å²) in [7, 11) is 1.66. The molecule has 1 amide bonds. The Morgan fingerprint density at radius 3 is 2.34 bits per heavy atom. The summed E-state index contributed by atoms with van der Waals surface area (Å²) in [6, 6.07) is 16.0. The molecule has 0 saturated carbocycles. The van der Waals surface area contributed by atoms with E-state index in [2.05, 4.69) is 11.4 Å². The average molecular weight is 400 g/mol. The minimum atomic E-state index is -1.82. The molecule has 8 nitrogen and oxygen atoms in total. The van der Waals surface area contributed by atoms with Gasteiger partial charge in [-0.25, -0.2) is 9.59 Å². The second kappa shape index (κ2) is 10.2. The Balaban J connectivity index is 0.000000438. The number of nitrogens with zero attached hydrogens (tertiary/aromatic N) is 1. The highest BCUT2D eigenvalue weighted by molar-refractivity contribution is 6.27. The number of amides is 1. The first-order valence-corrected chi connectivity index (χ1v) is 9.06. The quantitative estimate of drug-likeness (QED) is 0.658. The predicted octanol–water partition coefficient (Wildman–Crippen LogP) is 2.09. The Kier molecular flexibility index (Phi) is 7.73. The number of hydrogen-bond donors (Lipinski definition) is 3. The van der Waals surface area contributed by atoms with Crippen LogP contribution < -0.4 is 15.0 Å². The maximum absolute atomic E-state index is 12.5. The number of carbonyl (C=O) groups excluding carboxylic acids is 1. The molecule has 0 aromatic heterocycles. The van der Waals surface area contributed by atoms with Gasteiger partial charge in [-0.1, -0.05) is 36.4 Å². The van der Waals surface area contributed by atoms with E-state index < -0.39 is 11.9 Å². The van der Waals surface area contributed by atoms with E-state index in [0.29, 0.717) is 6.54 Å². The number of rotatable bonds is 5. The Hall–Kier alpha value is -3.39. The predicted molar refractivity (Wildman–Crippen MR) is 107 cm³/mol. The van der Waals surface area contributed by atoms with E-state index in [1.807, 2.05) is 54.3 Å². The van der Waals surface area contributed by atoms with Crippen LogP contribution in [0.15, 0.2) is 48.5 Å². The van der Waals surface area contributed by atoms with Crippen molar-refractivity contribution >= 4 is 23.5 Å². The summed E-state index contributed by atoms with van der Waals surface area (Å²) in [6.07, 6.45) is 0.934. The Labute approximate surface area is 168 Å². The average Bonchev–Trinajstić information content (AvgIpc) is 3.16. The highest BCUT2D eigenvalue weighted by Crippen LogP contribution is 2.28. The van der Waals surface area contributed by atoms with Crippen LogP contribution in [0.1, 0.15) is 24.1 Å². The normalized spacial score (nSPS) is 13.0. The van der Waals surface area contributed by atoms with Crippen LogP contribution in [-0.2, 0) is 20.8 Å². The largest absolute Gasteiger partial charge is 0.496 e. The molecule has 0 saturated heterocycles. The van der Waals surface area contributed by atoms with Gasteiger partial charge in [-0.2, -0.15) is 0 Å². The van der Waals surface area contributed by atoms with E-state index in [9.17, 15) is 4.79 Å². The van der Waals surface area contributed by atoms with Crippen LogP contribution >= 0.6 is 0 Å². The van der Waals surface area contributed by atoms with Crippen molar-refractivity contribution in [3.63, 3.8) is 0 Å². The van der Waals surface area contributed by atoms with Crippen LogP contribution in [0.5, 0.6) is 5.75 Å². The molecule has 0 radical (unpaired) electrons. The summed E-state index contributed by atoms with van der Waals surface area (Å²) in [5.41, 5.74) is 3.35. The molecule has 3 rings (SSSR count). The van der Waals surface area contributed by atoms with Crippen molar-refractivity contribution in [1.82, 2.24) is 5.32 Å². The molecule has 1 heterocycles. The number of ether oxygens (including phenoxy) is 1. The van der Waals surface area contributed by atoms with Crippen molar-refractivity contribution in [3.8, 4) is 5.75 Å². The zero-order valence-electron chi connectivity index (χ0n) is 16.3. The number of carbonyl (C=O) groups is 3. The van der Waals surface area contributed by atoms with Crippen LogP contribution in [0.2, 0.25) is 0 Å². The highest BCUT2D eigenvalue weighted by Gasteiger charge is 2.24. The van der Waals surface area contributed by atoms with Gasteiger partial charge in [0.1, 0.15) is 5.75 Å². The number of carboxylic acid groups (broad SMARTS) is 2. The van der Waals surface area contributed by atoms with E-state index in [0.717, 1.165) is 30.0 Å². The molecular formula is C21H24N2O6. The molecule has 2 aromatic carbocycles. The molecule has 0 fully saturated rings. The van der Waals surface area contributed by atoms with Gasteiger partial charge in [0.15, 0.2) is 0 Å². The number of nitrogens with one attached hydrogen (secondary N) is 1. The first-order chi connectivity index (χ1) is 13.8. The molecule has 0 spiro atoms. The first kappa shape index (κ1) is 21.9. The molecular weight excluding hydrogens is 376 g/mol. The third-order valence-electron chi connectivity index (χ3n) is 4.54. The monoisotopic (exact) mass is 400 g/mol. The van der Waals surface area contributed by atoms with Gasteiger partial charge in [0.05, 0.1) is 13.7 Å². The van der Waals surface area contributed by atoms with Crippen molar-refractivity contribution in [2.24, 2.45) is 0 Å². The van der Waals surface area contributed by atoms with E-state index >= 15 is 0 Å². The number of carboxylic acids is 2. The molecule has 8 heteroatoms. The Bertz CT molecular complexity index is 871. The molecule has 154 valence electrons. The number of benzene rings is 2. The van der Waals surface area contributed by atoms with E-state index in [-0.39, 0.29) is 11.9 Å². The molecule has 0 aliphatic carbocycles. The Morgan fingerprint density at radius 2 is 1.69 bits per heavy atom. The van der Waals surface area contributed by atoms with Crippen molar-refractivity contribution in [2.45, 2.75) is 19.4 Å². The second-order valence-corrected chi connectivity index (χ2v) is 6.38. The summed E-state index contributed by atoms with van der Waals surface area (Å²) < 4.78 is 5.38. The van der Waals surface area contributed by atoms with Gasteiger partial charge in [0, 0.05) is 23.8 Å². The number of methoxy groups -OCH3 is 1. The lowest BCUT2D eigenvalue weighted by Crippen LogP contribution is -2.38. The van der Waals surface area contributed by atoms with Crippen LogP contribution in [-0.4, -0.2) is 48.3 Å². The van der Waals surface area contributed by atoms with Gasteiger partial charge < -0.3 is 25.2 Å². The molecule has 1 aliphatic heterocycles. The number of hydrogen-bond acceptors (Lipinski definition) is 5. The van der Waals surface area contributed by atoms with E-state index in [1.165, 1.54) is 5.56 Å². The lowest BCUT2D eigenvalue weighted by molar-refractivity contribution is -0.159. The molecule has 1 aliphatic rings. The van der Waals surface area contributed by atoms with E-state index in [4.69, 9.17) is 24.5 Å². The van der Waals surface area contributed by atoms with Crippen LogP contribution in [0, 0.1) is 0 Å². The van der Waals surface area contributed by atoms with Gasteiger partial charge >= 0.3 is 11.9 Å². The second-order valence-electron chi connectivity index (χ2n) is 6.38. The fraction of sp³-hybridized carbons (Fsp3) is 0.286.